The van der Waals surface area contributed by atoms with Crippen LogP contribution < -0.4 is 10.1 Å². The summed E-state index contributed by atoms with van der Waals surface area (Å²) in [6, 6.07) is 8.52. The van der Waals surface area contributed by atoms with Crippen LogP contribution >= 0.6 is 0 Å². The smallest absolute Gasteiger partial charge is 0.258 e. The van der Waals surface area contributed by atoms with E-state index in [-0.39, 0.29) is 0 Å². The highest BCUT2D eigenvalue weighted by molar-refractivity contribution is 5.94. The van der Waals surface area contributed by atoms with Gasteiger partial charge in [-0.25, -0.2) is 4.68 Å². The first kappa shape index (κ1) is 16.0. The number of methoxy groups -OCH3 is 1. The van der Waals surface area contributed by atoms with Crippen LogP contribution in [0, 0.1) is 0 Å². The summed E-state index contributed by atoms with van der Waals surface area (Å²) in [6.07, 6.45) is 2.39. The molecule has 118 valence electrons. The fourth-order valence-electron chi connectivity index (χ4n) is 2.08. The molecule has 2 N–H and O–H groups in total. The van der Waals surface area contributed by atoms with E-state index in [1.54, 1.807) is 41.2 Å². The van der Waals surface area contributed by atoms with Gasteiger partial charge in [0.25, 0.3) is 5.91 Å². The predicted molar refractivity (Wildman–Crippen MR) is 83.7 cm³/mol. The third-order valence-electron chi connectivity index (χ3n) is 3.35. The van der Waals surface area contributed by atoms with Crippen molar-refractivity contribution in [1.82, 2.24) is 9.78 Å². The summed E-state index contributed by atoms with van der Waals surface area (Å²) in [5.41, 5.74) is 0.483. The number of carbonyl (C=O) groups excluding carboxylic acids is 1. The fraction of sp³-hybridized carbons (Fsp3) is 0.375. The van der Waals surface area contributed by atoms with Gasteiger partial charge in [0.1, 0.15) is 11.6 Å². The third kappa shape index (κ3) is 3.85. The van der Waals surface area contributed by atoms with E-state index in [0.29, 0.717) is 17.1 Å². The Hall–Kier alpha value is -2.34. The number of amides is 1. The summed E-state index contributed by atoms with van der Waals surface area (Å²) in [6.45, 7) is 2.82. The van der Waals surface area contributed by atoms with Crippen molar-refractivity contribution in [2.45, 2.75) is 32.4 Å². The van der Waals surface area contributed by atoms with Crippen LogP contribution in [0.5, 0.6) is 5.75 Å². The number of hydrogen-bond acceptors (Lipinski definition) is 4. The lowest BCUT2D eigenvalue weighted by molar-refractivity contribution is -0.124. The maximum atomic E-state index is 12.2. The van der Waals surface area contributed by atoms with E-state index in [0.717, 1.165) is 19.4 Å². The first-order chi connectivity index (χ1) is 10.7. The van der Waals surface area contributed by atoms with Gasteiger partial charge in [-0.15, -0.1) is 0 Å². The lowest BCUT2D eigenvalue weighted by Gasteiger charge is -2.13. The number of nitrogens with zero attached hydrogens (tertiary/aromatic N) is 2. The Morgan fingerprint density at radius 1 is 1.45 bits per heavy atom. The summed E-state index contributed by atoms with van der Waals surface area (Å²) >= 11 is 0. The standard InChI is InChI=1S/C16H21N3O3/c1-3-4-10-19-14(8-9-17-19)18-16(21)15(20)12-6-5-7-13(11-12)22-2/h5-9,11,15,20H,3-4,10H2,1-2H3,(H,18,21). The molecule has 0 saturated carbocycles. The Balaban J connectivity index is 2.06. The third-order valence-corrected chi connectivity index (χ3v) is 3.35. The van der Waals surface area contributed by atoms with E-state index in [9.17, 15) is 9.90 Å². The van der Waals surface area contributed by atoms with Crippen molar-refractivity contribution in [3.8, 4) is 5.75 Å². The molecule has 2 aromatic rings. The summed E-state index contributed by atoms with van der Waals surface area (Å²) in [4.78, 5) is 12.2. The maximum absolute atomic E-state index is 12.2. The van der Waals surface area contributed by atoms with Crippen LogP contribution in [0.25, 0.3) is 0 Å². The zero-order valence-electron chi connectivity index (χ0n) is 12.8. The quantitative estimate of drug-likeness (QED) is 0.823. The van der Waals surface area contributed by atoms with Crippen LogP contribution in [0.1, 0.15) is 31.4 Å². The van der Waals surface area contributed by atoms with E-state index < -0.39 is 12.0 Å². The van der Waals surface area contributed by atoms with E-state index in [4.69, 9.17) is 4.74 Å². The lowest BCUT2D eigenvalue weighted by atomic mass is 10.1. The summed E-state index contributed by atoms with van der Waals surface area (Å²) < 4.78 is 6.82. The van der Waals surface area contributed by atoms with Gasteiger partial charge in [0.05, 0.1) is 13.3 Å². The number of hydrogen-bond donors (Lipinski definition) is 2. The molecule has 0 radical (unpaired) electrons. The molecule has 0 aliphatic rings. The van der Waals surface area contributed by atoms with Crippen molar-refractivity contribution in [2.75, 3.05) is 12.4 Å². The molecule has 1 heterocycles. The highest BCUT2D eigenvalue weighted by Crippen LogP contribution is 2.20. The summed E-state index contributed by atoms with van der Waals surface area (Å²) in [5, 5.41) is 17.0. The van der Waals surface area contributed by atoms with Gasteiger partial charge < -0.3 is 15.2 Å². The highest BCUT2D eigenvalue weighted by Gasteiger charge is 2.19. The molecule has 1 unspecified atom stereocenters. The largest absolute Gasteiger partial charge is 0.497 e. The van der Waals surface area contributed by atoms with E-state index in [1.807, 2.05) is 0 Å². The number of aliphatic hydroxyl groups is 1. The Morgan fingerprint density at radius 2 is 2.27 bits per heavy atom. The topological polar surface area (TPSA) is 76.4 Å². The van der Waals surface area contributed by atoms with E-state index in [1.165, 1.54) is 7.11 Å². The number of rotatable bonds is 7. The van der Waals surface area contributed by atoms with Gasteiger partial charge in [-0.3, -0.25) is 4.79 Å². The molecule has 0 aliphatic carbocycles. The van der Waals surface area contributed by atoms with Crippen molar-refractivity contribution in [3.05, 3.63) is 42.1 Å². The molecule has 22 heavy (non-hydrogen) atoms. The van der Waals surface area contributed by atoms with Crippen molar-refractivity contribution >= 4 is 11.7 Å². The predicted octanol–water partition coefficient (Wildman–Crippen LogP) is 2.36. The maximum Gasteiger partial charge on any atom is 0.258 e. The molecule has 0 bridgehead atoms. The van der Waals surface area contributed by atoms with Crippen LogP contribution in [0.2, 0.25) is 0 Å². The van der Waals surface area contributed by atoms with Gasteiger partial charge in [0, 0.05) is 12.6 Å². The monoisotopic (exact) mass is 303 g/mol. The molecule has 1 aromatic heterocycles. The minimum Gasteiger partial charge on any atom is -0.497 e. The highest BCUT2D eigenvalue weighted by atomic mass is 16.5. The van der Waals surface area contributed by atoms with Gasteiger partial charge in [0.2, 0.25) is 0 Å². The Bertz CT molecular complexity index is 625. The SMILES string of the molecule is CCCCn1nccc1NC(=O)C(O)c1cccc(OC)c1. The molecule has 0 aliphatic heterocycles. The summed E-state index contributed by atoms with van der Waals surface area (Å²) in [5.74, 6) is 0.684. The fourth-order valence-corrected chi connectivity index (χ4v) is 2.08. The normalized spacial score (nSPS) is 12.0. The molecule has 1 atom stereocenters. The molecule has 0 spiro atoms. The molecule has 0 saturated heterocycles. The average Bonchev–Trinajstić information content (AvgIpc) is 2.99. The van der Waals surface area contributed by atoms with E-state index in [2.05, 4.69) is 17.3 Å². The van der Waals surface area contributed by atoms with Crippen LogP contribution in [0.15, 0.2) is 36.5 Å². The van der Waals surface area contributed by atoms with Crippen LogP contribution in [-0.2, 0) is 11.3 Å². The second-order valence-corrected chi connectivity index (χ2v) is 4.96. The second kappa shape index (κ2) is 7.61. The molecular formula is C16H21N3O3. The van der Waals surface area contributed by atoms with Crippen molar-refractivity contribution in [3.63, 3.8) is 0 Å². The molecular weight excluding hydrogens is 282 g/mol. The lowest BCUT2D eigenvalue weighted by Crippen LogP contribution is -2.22. The molecule has 6 heteroatoms. The number of anilines is 1. The molecule has 1 aromatic carbocycles. The zero-order valence-corrected chi connectivity index (χ0v) is 12.8. The van der Waals surface area contributed by atoms with Gasteiger partial charge in [-0.05, 0) is 24.1 Å². The number of benzene rings is 1. The number of aryl methyl sites for hydroxylation is 1. The zero-order chi connectivity index (χ0) is 15.9. The molecule has 2 rings (SSSR count). The summed E-state index contributed by atoms with van der Waals surface area (Å²) in [7, 11) is 1.54. The van der Waals surface area contributed by atoms with Crippen molar-refractivity contribution < 1.29 is 14.6 Å². The van der Waals surface area contributed by atoms with Crippen LogP contribution in [0.4, 0.5) is 5.82 Å². The van der Waals surface area contributed by atoms with Gasteiger partial charge in [0.15, 0.2) is 6.10 Å². The number of ether oxygens (including phenoxy) is 1. The van der Waals surface area contributed by atoms with Crippen molar-refractivity contribution in [2.24, 2.45) is 0 Å². The first-order valence-corrected chi connectivity index (χ1v) is 7.30. The van der Waals surface area contributed by atoms with Crippen molar-refractivity contribution in [1.29, 1.82) is 0 Å². The number of aromatic nitrogens is 2. The van der Waals surface area contributed by atoms with E-state index >= 15 is 0 Å². The second-order valence-electron chi connectivity index (χ2n) is 4.96. The molecule has 0 fully saturated rings. The number of carbonyl (C=O) groups is 1. The minimum atomic E-state index is -1.26. The minimum absolute atomic E-state index is 0.483. The number of nitrogens with one attached hydrogen (secondary N) is 1. The Morgan fingerprint density at radius 3 is 3.00 bits per heavy atom. The molecule has 1 amide bonds. The number of aliphatic hydroxyl groups excluding tert-OH is 1. The number of unbranched alkanes of at least 4 members (excludes halogenated alkanes) is 1. The Labute approximate surface area is 129 Å². The first-order valence-electron chi connectivity index (χ1n) is 7.30. The van der Waals surface area contributed by atoms with Crippen LogP contribution in [-0.4, -0.2) is 27.9 Å². The molecule has 6 nitrogen and oxygen atoms in total. The average molecular weight is 303 g/mol. The Kier molecular flexibility index (Phi) is 5.55. The van der Waals surface area contributed by atoms with Crippen LogP contribution in [0.3, 0.4) is 0 Å². The van der Waals surface area contributed by atoms with Gasteiger partial charge in [-0.1, -0.05) is 25.5 Å². The van der Waals surface area contributed by atoms with Gasteiger partial charge >= 0.3 is 0 Å². The van der Waals surface area contributed by atoms with Gasteiger partial charge in [-0.2, -0.15) is 5.10 Å².